The molecule has 1 saturated heterocycles. The van der Waals surface area contributed by atoms with Crippen LogP contribution in [0.3, 0.4) is 0 Å². The van der Waals surface area contributed by atoms with Gasteiger partial charge in [-0.2, -0.15) is 0 Å². The number of ether oxygens (including phenoxy) is 1. The van der Waals surface area contributed by atoms with Crippen molar-refractivity contribution in [1.82, 2.24) is 9.88 Å². The third-order valence-electron chi connectivity index (χ3n) is 3.90. The van der Waals surface area contributed by atoms with Gasteiger partial charge in [-0.25, -0.2) is 4.98 Å². The molecule has 110 valence electrons. The van der Waals surface area contributed by atoms with E-state index in [0.717, 1.165) is 44.3 Å². The number of pyridine rings is 1. The molecule has 0 N–H and O–H groups in total. The van der Waals surface area contributed by atoms with E-state index in [9.17, 15) is 0 Å². The van der Waals surface area contributed by atoms with Gasteiger partial charge >= 0.3 is 0 Å². The van der Waals surface area contributed by atoms with Crippen LogP contribution in [0, 0.1) is 0 Å². The third kappa shape index (κ3) is 3.52. The van der Waals surface area contributed by atoms with Crippen molar-refractivity contribution in [2.24, 2.45) is 0 Å². The monoisotopic (exact) mass is 283 g/mol. The van der Waals surface area contributed by atoms with E-state index in [-0.39, 0.29) is 0 Å². The van der Waals surface area contributed by atoms with Gasteiger partial charge < -0.3 is 9.64 Å². The second-order valence-electron chi connectivity index (χ2n) is 5.30. The van der Waals surface area contributed by atoms with E-state index in [1.807, 2.05) is 18.3 Å². The number of hydrogen-bond acceptors (Lipinski definition) is 4. The zero-order valence-corrected chi connectivity index (χ0v) is 12.4. The van der Waals surface area contributed by atoms with Crippen LogP contribution in [0.5, 0.6) is 5.75 Å². The summed E-state index contributed by atoms with van der Waals surface area (Å²) in [4.78, 5) is 9.26. The SMILES string of the molecule is COc1ccnc(N2CCN(Cc3ccccc3)CC2)c1. The molecule has 0 bridgehead atoms. The number of rotatable bonds is 4. The molecule has 0 saturated carbocycles. The van der Waals surface area contributed by atoms with Crippen molar-refractivity contribution < 1.29 is 4.74 Å². The maximum absolute atomic E-state index is 5.27. The number of methoxy groups -OCH3 is 1. The van der Waals surface area contributed by atoms with Crippen LogP contribution in [-0.4, -0.2) is 43.2 Å². The lowest BCUT2D eigenvalue weighted by Crippen LogP contribution is -2.46. The summed E-state index contributed by atoms with van der Waals surface area (Å²) in [7, 11) is 1.69. The Bertz CT molecular complexity index is 565. The molecule has 0 radical (unpaired) electrons. The maximum atomic E-state index is 5.27. The van der Waals surface area contributed by atoms with Gasteiger partial charge in [0.2, 0.25) is 0 Å². The molecular formula is C17H21N3O. The first-order valence-electron chi connectivity index (χ1n) is 7.36. The zero-order chi connectivity index (χ0) is 14.5. The summed E-state index contributed by atoms with van der Waals surface area (Å²) in [6, 6.07) is 14.5. The molecule has 0 atom stereocenters. The summed E-state index contributed by atoms with van der Waals surface area (Å²) in [6.45, 7) is 5.17. The Hall–Kier alpha value is -2.07. The normalized spacial score (nSPS) is 16.0. The molecule has 1 aromatic carbocycles. The van der Waals surface area contributed by atoms with Crippen LogP contribution < -0.4 is 9.64 Å². The van der Waals surface area contributed by atoms with Crippen LogP contribution in [0.15, 0.2) is 48.7 Å². The predicted octanol–water partition coefficient (Wildman–Crippen LogP) is 2.41. The van der Waals surface area contributed by atoms with Gasteiger partial charge in [-0.1, -0.05) is 30.3 Å². The molecule has 2 aromatic rings. The first-order chi connectivity index (χ1) is 10.3. The van der Waals surface area contributed by atoms with E-state index in [4.69, 9.17) is 4.74 Å². The van der Waals surface area contributed by atoms with Crippen LogP contribution in [0.25, 0.3) is 0 Å². The molecule has 1 aliphatic heterocycles. The topological polar surface area (TPSA) is 28.6 Å². The second kappa shape index (κ2) is 6.59. The van der Waals surface area contributed by atoms with Gasteiger partial charge in [0.25, 0.3) is 0 Å². The Balaban J connectivity index is 1.57. The fourth-order valence-electron chi connectivity index (χ4n) is 2.68. The average Bonchev–Trinajstić information content (AvgIpc) is 2.56. The summed E-state index contributed by atoms with van der Waals surface area (Å²) in [5.74, 6) is 1.88. The smallest absolute Gasteiger partial charge is 0.132 e. The van der Waals surface area contributed by atoms with E-state index in [1.165, 1.54) is 5.56 Å². The van der Waals surface area contributed by atoms with Crippen molar-refractivity contribution in [2.75, 3.05) is 38.2 Å². The van der Waals surface area contributed by atoms with E-state index in [1.54, 1.807) is 7.11 Å². The lowest BCUT2D eigenvalue weighted by Gasteiger charge is -2.35. The predicted molar refractivity (Wildman–Crippen MR) is 84.7 cm³/mol. The van der Waals surface area contributed by atoms with Crippen molar-refractivity contribution >= 4 is 5.82 Å². The number of nitrogens with zero attached hydrogens (tertiary/aromatic N) is 3. The minimum Gasteiger partial charge on any atom is -0.497 e. The van der Waals surface area contributed by atoms with Gasteiger partial charge in [0.05, 0.1) is 7.11 Å². The van der Waals surface area contributed by atoms with Gasteiger partial charge in [0, 0.05) is 45.0 Å². The molecule has 21 heavy (non-hydrogen) atoms. The minimum absolute atomic E-state index is 0.867. The Morgan fingerprint density at radius 1 is 1.05 bits per heavy atom. The largest absolute Gasteiger partial charge is 0.497 e. The minimum atomic E-state index is 0.867. The van der Waals surface area contributed by atoms with Gasteiger partial charge in [0.1, 0.15) is 11.6 Å². The standard InChI is InChI=1S/C17H21N3O/c1-21-16-7-8-18-17(13-16)20-11-9-19(10-12-20)14-15-5-3-2-4-6-15/h2-8,13H,9-12,14H2,1H3. The molecule has 0 unspecified atom stereocenters. The molecule has 4 heteroatoms. The molecule has 1 fully saturated rings. The van der Waals surface area contributed by atoms with E-state index < -0.39 is 0 Å². The number of piperazine rings is 1. The van der Waals surface area contributed by atoms with Crippen molar-refractivity contribution in [2.45, 2.75) is 6.54 Å². The molecule has 4 nitrogen and oxygen atoms in total. The third-order valence-corrected chi connectivity index (χ3v) is 3.90. The average molecular weight is 283 g/mol. The summed E-state index contributed by atoms with van der Waals surface area (Å²) in [5.41, 5.74) is 1.38. The molecule has 2 heterocycles. The van der Waals surface area contributed by atoms with Crippen LogP contribution in [0.4, 0.5) is 5.82 Å². The fourth-order valence-corrected chi connectivity index (χ4v) is 2.68. The Kier molecular flexibility index (Phi) is 4.36. The summed E-state index contributed by atoms with van der Waals surface area (Å²) >= 11 is 0. The Labute approximate surface area is 126 Å². The van der Waals surface area contributed by atoms with Crippen molar-refractivity contribution in [3.05, 3.63) is 54.2 Å². The highest BCUT2D eigenvalue weighted by atomic mass is 16.5. The highest BCUT2D eigenvalue weighted by Crippen LogP contribution is 2.19. The molecule has 0 spiro atoms. The lowest BCUT2D eigenvalue weighted by molar-refractivity contribution is 0.249. The molecule has 0 amide bonds. The van der Waals surface area contributed by atoms with Crippen LogP contribution in [0.2, 0.25) is 0 Å². The first-order valence-corrected chi connectivity index (χ1v) is 7.36. The van der Waals surface area contributed by atoms with Gasteiger partial charge in [-0.05, 0) is 11.6 Å². The fraction of sp³-hybridized carbons (Fsp3) is 0.353. The maximum Gasteiger partial charge on any atom is 0.132 e. The molecule has 1 aromatic heterocycles. The van der Waals surface area contributed by atoms with E-state index in [0.29, 0.717) is 0 Å². The molecule has 1 aliphatic rings. The summed E-state index contributed by atoms with van der Waals surface area (Å²) in [5, 5.41) is 0. The molecule has 3 rings (SSSR count). The summed E-state index contributed by atoms with van der Waals surface area (Å²) < 4.78 is 5.27. The van der Waals surface area contributed by atoms with Crippen molar-refractivity contribution in [3.8, 4) is 5.75 Å². The zero-order valence-electron chi connectivity index (χ0n) is 12.4. The van der Waals surface area contributed by atoms with Gasteiger partial charge in [0.15, 0.2) is 0 Å². The summed E-state index contributed by atoms with van der Waals surface area (Å²) in [6.07, 6.45) is 1.81. The highest BCUT2D eigenvalue weighted by molar-refractivity contribution is 5.44. The van der Waals surface area contributed by atoms with Gasteiger partial charge in [-0.3, -0.25) is 4.90 Å². The number of anilines is 1. The second-order valence-corrected chi connectivity index (χ2v) is 5.30. The molecule has 0 aliphatic carbocycles. The Morgan fingerprint density at radius 2 is 1.81 bits per heavy atom. The first kappa shape index (κ1) is 13.9. The van der Waals surface area contributed by atoms with E-state index in [2.05, 4.69) is 45.1 Å². The highest BCUT2D eigenvalue weighted by Gasteiger charge is 2.18. The number of benzene rings is 1. The van der Waals surface area contributed by atoms with Crippen LogP contribution in [-0.2, 0) is 6.54 Å². The van der Waals surface area contributed by atoms with Crippen LogP contribution in [0.1, 0.15) is 5.56 Å². The Morgan fingerprint density at radius 3 is 2.52 bits per heavy atom. The number of hydrogen-bond donors (Lipinski definition) is 0. The van der Waals surface area contributed by atoms with Crippen molar-refractivity contribution in [1.29, 1.82) is 0 Å². The quantitative estimate of drug-likeness (QED) is 0.861. The van der Waals surface area contributed by atoms with E-state index >= 15 is 0 Å². The van der Waals surface area contributed by atoms with Gasteiger partial charge in [-0.15, -0.1) is 0 Å². The van der Waals surface area contributed by atoms with Crippen LogP contribution >= 0.6 is 0 Å². The molecular weight excluding hydrogens is 262 g/mol. The van der Waals surface area contributed by atoms with Crippen molar-refractivity contribution in [3.63, 3.8) is 0 Å². The lowest BCUT2D eigenvalue weighted by atomic mass is 10.2. The number of aromatic nitrogens is 1.